The normalized spacial score (nSPS) is 23.1. The number of halogens is 1. The van der Waals surface area contributed by atoms with Gasteiger partial charge in [0.25, 0.3) is 5.91 Å². The number of anilines is 1. The molecule has 36 heavy (non-hydrogen) atoms. The number of benzene rings is 3. The largest absolute Gasteiger partial charge is 0.454 e. The Morgan fingerprint density at radius 3 is 1.75 bits per heavy atom. The summed E-state index contributed by atoms with van der Waals surface area (Å²) >= 11 is 6.03. The minimum absolute atomic E-state index is 0.244. The third-order valence-corrected chi connectivity index (χ3v) is 7.67. The van der Waals surface area contributed by atoms with Crippen molar-refractivity contribution in [3.63, 3.8) is 0 Å². The van der Waals surface area contributed by atoms with E-state index in [0.717, 1.165) is 27.2 Å². The second kappa shape index (κ2) is 8.60. The molecule has 0 aromatic heterocycles. The van der Waals surface area contributed by atoms with Crippen LogP contribution in [0.1, 0.15) is 34.1 Å². The molecule has 1 saturated heterocycles. The van der Waals surface area contributed by atoms with Crippen molar-refractivity contribution in [3.8, 4) is 0 Å². The lowest BCUT2D eigenvalue weighted by atomic mass is 9.55. The Morgan fingerprint density at radius 1 is 0.778 bits per heavy atom. The van der Waals surface area contributed by atoms with Crippen molar-refractivity contribution in [2.24, 2.45) is 11.8 Å². The van der Waals surface area contributed by atoms with Crippen molar-refractivity contribution in [3.05, 3.63) is 100 Å². The standard InChI is InChI=1S/C28H21ClN2O5/c29-19-11-5-6-12-20(19)30-21(32)14-36-22(33)13-31-27(34)25-23-15-7-1-2-8-16(15)24(26(25)28(31)35)18-10-4-3-9-17(18)23/h1-12,23-26H,13-14H2,(H,30,32)/t23?,24?,25-,26-/m1/s1. The maximum Gasteiger partial charge on any atom is 0.326 e. The summed E-state index contributed by atoms with van der Waals surface area (Å²) in [6, 6.07) is 22.5. The Hall–Kier alpha value is -3.97. The number of carbonyl (C=O) groups is 4. The Kier molecular flexibility index (Phi) is 5.38. The van der Waals surface area contributed by atoms with Crippen LogP contribution in [-0.2, 0) is 23.9 Å². The summed E-state index contributed by atoms with van der Waals surface area (Å²) in [6.07, 6.45) is 0. The van der Waals surface area contributed by atoms with E-state index >= 15 is 0 Å². The molecule has 2 bridgehead atoms. The molecule has 0 unspecified atom stereocenters. The van der Waals surface area contributed by atoms with Gasteiger partial charge >= 0.3 is 5.97 Å². The van der Waals surface area contributed by atoms with Crippen LogP contribution in [0.5, 0.6) is 0 Å². The first-order chi connectivity index (χ1) is 17.5. The van der Waals surface area contributed by atoms with E-state index < -0.39 is 36.9 Å². The van der Waals surface area contributed by atoms with Gasteiger partial charge in [-0.2, -0.15) is 0 Å². The number of esters is 1. The Labute approximate surface area is 212 Å². The number of ether oxygens (including phenoxy) is 1. The van der Waals surface area contributed by atoms with Crippen LogP contribution >= 0.6 is 11.6 Å². The topological polar surface area (TPSA) is 92.8 Å². The van der Waals surface area contributed by atoms with E-state index in [1.807, 2.05) is 48.5 Å². The molecule has 7 nitrogen and oxygen atoms in total. The van der Waals surface area contributed by atoms with Crippen LogP contribution in [-0.4, -0.2) is 41.7 Å². The number of para-hydroxylation sites is 1. The number of amides is 3. The predicted octanol–water partition coefficient (Wildman–Crippen LogP) is 3.71. The first-order valence-electron chi connectivity index (χ1n) is 11.7. The minimum Gasteiger partial charge on any atom is -0.454 e. The number of rotatable bonds is 5. The quantitative estimate of drug-likeness (QED) is 0.426. The molecular weight excluding hydrogens is 480 g/mol. The van der Waals surface area contributed by atoms with Crippen LogP contribution in [0.4, 0.5) is 5.69 Å². The zero-order valence-corrected chi connectivity index (χ0v) is 19.8. The van der Waals surface area contributed by atoms with Crippen molar-refractivity contribution in [1.29, 1.82) is 0 Å². The number of likely N-dealkylation sites (tertiary alicyclic amines) is 1. The van der Waals surface area contributed by atoms with Crippen LogP contribution < -0.4 is 5.32 Å². The molecule has 0 radical (unpaired) electrons. The fourth-order valence-electron chi connectivity index (χ4n) is 5.96. The van der Waals surface area contributed by atoms with Crippen LogP contribution in [0.15, 0.2) is 72.8 Å². The molecule has 4 aliphatic rings. The van der Waals surface area contributed by atoms with E-state index in [-0.39, 0.29) is 23.7 Å². The van der Waals surface area contributed by atoms with Gasteiger partial charge < -0.3 is 10.1 Å². The minimum atomic E-state index is -0.827. The fourth-order valence-corrected chi connectivity index (χ4v) is 6.15. The van der Waals surface area contributed by atoms with Gasteiger partial charge in [0, 0.05) is 11.8 Å². The van der Waals surface area contributed by atoms with Gasteiger partial charge in [0.1, 0.15) is 6.54 Å². The highest BCUT2D eigenvalue weighted by Gasteiger charge is 2.61. The van der Waals surface area contributed by atoms with E-state index in [2.05, 4.69) is 5.32 Å². The van der Waals surface area contributed by atoms with Crippen molar-refractivity contribution in [2.75, 3.05) is 18.5 Å². The van der Waals surface area contributed by atoms with Crippen molar-refractivity contribution >= 4 is 41.0 Å². The highest BCUT2D eigenvalue weighted by Crippen LogP contribution is 2.60. The lowest BCUT2D eigenvalue weighted by molar-refractivity contribution is -0.154. The highest BCUT2D eigenvalue weighted by atomic mass is 35.5. The molecular formula is C28H21ClN2O5. The van der Waals surface area contributed by atoms with Gasteiger partial charge in [-0.15, -0.1) is 0 Å². The monoisotopic (exact) mass is 500 g/mol. The SMILES string of the molecule is O=C(COC(=O)CN1C(=O)[C@@H]2C3c4ccccc4C(c4ccccc43)[C@H]2C1=O)Nc1ccccc1Cl. The lowest BCUT2D eigenvalue weighted by Crippen LogP contribution is -2.41. The molecule has 3 aromatic carbocycles. The molecule has 8 heteroatoms. The van der Waals surface area contributed by atoms with Crippen LogP contribution in [0.3, 0.4) is 0 Å². The average Bonchev–Trinajstić information content (AvgIpc) is 3.14. The van der Waals surface area contributed by atoms with Gasteiger partial charge in [0.05, 0.1) is 22.5 Å². The summed E-state index contributed by atoms with van der Waals surface area (Å²) in [6.45, 7) is -1.09. The highest BCUT2D eigenvalue weighted by molar-refractivity contribution is 6.33. The number of nitrogens with zero attached hydrogens (tertiary/aromatic N) is 1. The summed E-state index contributed by atoms with van der Waals surface area (Å²) in [5.74, 6) is -3.77. The Morgan fingerprint density at radius 2 is 1.25 bits per heavy atom. The zero-order chi connectivity index (χ0) is 25.0. The van der Waals surface area contributed by atoms with Crippen LogP contribution in [0.2, 0.25) is 5.02 Å². The predicted molar refractivity (Wildman–Crippen MR) is 131 cm³/mol. The first-order valence-corrected chi connectivity index (χ1v) is 12.1. The molecule has 180 valence electrons. The van der Waals surface area contributed by atoms with Crippen LogP contribution in [0, 0.1) is 11.8 Å². The molecule has 2 atom stereocenters. The van der Waals surface area contributed by atoms with Crippen molar-refractivity contribution in [1.82, 2.24) is 4.90 Å². The van der Waals surface area contributed by atoms with E-state index in [9.17, 15) is 19.2 Å². The fraction of sp³-hybridized carbons (Fsp3) is 0.214. The van der Waals surface area contributed by atoms with E-state index in [0.29, 0.717) is 10.7 Å². The summed E-state index contributed by atoms with van der Waals surface area (Å²) < 4.78 is 5.08. The van der Waals surface area contributed by atoms with Gasteiger partial charge in [-0.1, -0.05) is 72.3 Å². The number of hydrogen-bond acceptors (Lipinski definition) is 5. The molecule has 0 spiro atoms. The maximum absolute atomic E-state index is 13.5. The number of imide groups is 1. The molecule has 3 aliphatic carbocycles. The van der Waals surface area contributed by atoms with Gasteiger partial charge in [0.2, 0.25) is 11.8 Å². The number of hydrogen-bond donors (Lipinski definition) is 1. The molecule has 0 saturated carbocycles. The van der Waals surface area contributed by atoms with Crippen LogP contribution in [0.25, 0.3) is 0 Å². The molecule has 1 fully saturated rings. The van der Waals surface area contributed by atoms with Gasteiger partial charge in [-0.3, -0.25) is 24.1 Å². The Balaban J connectivity index is 1.19. The molecule has 1 N–H and O–H groups in total. The second-order valence-electron chi connectivity index (χ2n) is 9.22. The van der Waals surface area contributed by atoms with E-state index in [1.54, 1.807) is 24.3 Å². The summed E-state index contributed by atoms with van der Waals surface area (Å²) in [5.41, 5.74) is 4.63. The molecule has 7 rings (SSSR count). The molecule has 3 amide bonds. The molecule has 1 aliphatic heterocycles. The average molecular weight is 501 g/mol. The molecule has 1 heterocycles. The number of nitrogens with one attached hydrogen (secondary N) is 1. The van der Waals surface area contributed by atoms with Gasteiger partial charge in [-0.05, 0) is 34.4 Å². The Bertz CT molecular complexity index is 1320. The second-order valence-corrected chi connectivity index (χ2v) is 9.62. The summed E-state index contributed by atoms with van der Waals surface area (Å²) in [5, 5.41) is 2.91. The third-order valence-electron chi connectivity index (χ3n) is 7.34. The zero-order valence-electron chi connectivity index (χ0n) is 19.0. The van der Waals surface area contributed by atoms with Crippen molar-refractivity contribution < 1.29 is 23.9 Å². The third kappa shape index (κ3) is 3.42. The summed E-state index contributed by atoms with van der Waals surface area (Å²) in [7, 11) is 0. The van der Waals surface area contributed by atoms with Gasteiger partial charge in [-0.25, -0.2) is 0 Å². The van der Waals surface area contributed by atoms with E-state index in [4.69, 9.17) is 16.3 Å². The smallest absolute Gasteiger partial charge is 0.326 e. The first kappa shape index (κ1) is 22.5. The van der Waals surface area contributed by atoms with Crippen molar-refractivity contribution in [2.45, 2.75) is 11.8 Å². The molecule has 3 aromatic rings. The number of carbonyl (C=O) groups excluding carboxylic acids is 4. The maximum atomic E-state index is 13.5. The lowest BCUT2D eigenvalue weighted by Gasteiger charge is -2.45. The van der Waals surface area contributed by atoms with E-state index in [1.165, 1.54) is 0 Å². The van der Waals surface area contributed by atoms with Gasteiger partial charge in [0.15, 0.2) is 6.61 Å². The summed E-state index contributed by atoms with van der Waals surface area (Å²) in [4.78, 5) is 52.8.